The van der Waals surface area contributed by atoms with E-state index in [1.807, 2.05) is 36.5 Å². The number of aromatic nitrogens is 2. The van der Waals surface area contributed by atoms with Crippen LogP contribution in [0.15, 0.2) is 54.9 Å². The number of methoxy groups -OCH3 is 1. The first-order chi connectivity index (χ1) is 14.4. The van der Waals surface area contributed by atoms with Gasteiger partial charge in [0, 0.05) is 48.6 Å². The fourth-order valence-corrected chi connectivity index (χ4v) is 3.67. The third-order valence-corrected chi connectivity index (χ3v) is 5.34. The number of carbonyl (C=O) groups excluding carboxylic acids is 1. The lowest BCUT2D eigenvalue weighted by atomic mass is 9.99. The van der Waals surface area contributed by atoms with Crippen LogP contribution >= 0.6 is 11.6 Å². The molecule has 0 aliphatic heterocycles. The van der Waals surface area contributed by atoms with Gasteiger partial charge in [0.1, 0.15) is 11.4 Å². The van der Waals surface area contributed by atoms with Crippen LogP contribution < -0.4 is 10.5 Å². The van der Waals surface area contributed by atoms with Crippen molar-refractivity contribution in [2.75, 3.05) is 26.9 Å². The number of carbonyl (C=O) groups is 1. The number of halogens is 1. The predicted octanol–water partition coefficient (Wildman–Crippen LogP) is 4.84. The molecule has 152 valence electrons. The number of hydrogen-bond acceptors (Lipinski definition) is 4. The van der Waals surface area contributed by atoms with E-state index in [2.05, 4.69) is 9.97 Å². The number of H-pyrrole nitrogens is 1. The standard InChI is InChI=1S/C23H21ClN4O2/c1-28(2)23(29)17-8-13(10-19(24)21(17)25)14-9-16-18(12-27-22(16)26-11-14)15-6-4-5-7-20(15)30-3/h4-12H,25H2,1-3H3,(H,26,27). The van der Waals surface area contributed by atoms with E-state index in [1.165, 1.54) is 4.90 Å². The van der Waals surface area contributed by atoms with Crippen molar-refractivity contribution in [3.05, 3.63) is 65.4 Å². The van der Waals surface area contributed by atoms with Crippen LogP contribution in [0.5, 0.6) is 5.75 Å². The van der Waals surface area contributed by atoms with Gasteiger partial charge in [0.2, 0.25) is 0 Å². The van der Waals surface area contributed by atoms with Crippen LogP contribution in [0, 0.1) is 0 Å². The van der Waals surface area contributed by atoms with Crippen molar-refractivity contribution in [2.24, 2.45) is 0 Å². The number of nitrogens with two attached hydrogens (primary N) is 1. The highest BCUT2D eigenvalue weighted by molar-refractivity contribution is 6.34. The van der Waals surface area contributed by atoms with Crippen molar-refractivity contribution in [3.63, 3.8) is 0 Å². The minimum absolute atomic E-state index is 0.207. The Hall–Kier alpha value is -3.51. The number of para-hydroxylation sites is 1. The summed E-state index contributed by atoms with van der Waals surface area (Å²) in [6, 6.07) is 13.3. The maximum absolute atomic E-state index is 12.5. The molecule has 0 bridgehead atoms. The minimum atomic E-state index is -0.207. The van der Waals surface area contributed by atoms with E-state index in [1.54, 1.807) is 39.5 Å². The summed E-state index contributed by atoms with van der Waals surface area (Å²) in [5.74, 6) is 0.569. The fraction of sp³-hybridized carbons (Fsp3) is 0.130. The first kappa shape index (κ1) is 19.8. The van der Waals surface area contributed by atoms with Crippen LogP contribution in [0.4, 0.5) is 5.69 Å². The number of amides is 1. The molecule has 4 rings (SSSR count). The average Bonchev–Trinajstić information content (AvgIpc) is 3.18. The van der Waals surface area contributed by atoms with Gasteiger partial charge in [-0.15, -0.1) is 0 Å². The second kappa shape index (κ2) is 7.72. The van der Waals surface area contributed by atoms with Gasteiger partial charge in [0.15, 0.2) is 0 Å². The molecule has 0 spiro atoms. The molecule has 0 aliphatic rings. The molecule has 4 aromatic rings. The van der Waals surface area contributed by atoms with Crippen LogP contribution in [0.25, 0.3) is 33.3 Å². The number of ether oxygens (including phenoxy) is 1. The molecule has 2 aromatic heterocycles. The normalized spacial score (nSPS) is 10.9. The largest absolute Gasteiger partial charge is 0.496 e. The highest BCUT2D eigenvalue weighted by Gasteiger charge is 2.18. The number of hydrogen-bond donors (Lipinski definition) is 2. The molecule has 2 heterocycles. The smallest absolute Gasteiger partial charge is 0.255 e. The molecular formula is C23H21ClN4O2. The molecule has 0 fully saturated rings. The Kier molecular flexibility index (Phi) is 5.10. The monoisotopic (exact) mass is 420 g/mol. The average molecular weight is 421 g/mol. The SMILES string of the molecule is COc1ccccc1-c1c[nH]c2ncc(-c3cc(Cl)c(N)c(C(=O)N(C)C)c3)cc12. The van der Waals surface area contributed by atoms with E-state index in [9.17, 15) is 4.79 Å². The molecule has 1 amide bonds. The van der Waals surface area contributed by atoms with Crippen molar-refractivity contribution in [1.29, 1.82) is 0 Å². The predicted molar refractivity (Wildman–Crippen MR) is 121 cm³/mol. The number of nitrogens with zero attached hydrogens (tertiary/aromatic N) is 2. The molecule has 0 radical (unpaired) electrons. The van der Waals surface area contributed by atoms with Gasteiger partial charge in [0.05, 0.1) is 23.4 Å². The van der Waals surface area contributed by atoms with Crippen molar-refractivity contribution >= 4 is 34.2 Å². The molecule has 0 atom stereocenters. The number of rotatable bonds is 4. The number of aromatic amines is 1. The van der Waals surface area contributed by atoms with Gasteiger partial charge in [-0.25, -0.2) is 4.98 Å². The Labute approximate surface area is 179 Å². The van der Waals surface area contributed by atoms with Crippen LogP contribution in [0.2, 0.25) is 5.02 Å². The van der Waals surface area contributed by atoms with Crippen LogP contribution in [-0.2, 0) is 0 Å². The second-order valence-electron chi connectivity index (χ2n) is 7.14. The van der Waals surface area contributed by atoms with Gasteiger partial charge >= 0.3 is 0 Å². The summed E-state index contributed by atoms with van der Waals surface area (Å²) >= 11 is 6.34. The maximum atomic E-state index is 12.5. The molecule has 6 nitrogen and oxygen atoms in total. The Morgan fingerprint density at radius 1 is 1.13 bits per heavy atom. The summed E-state index contributed by atoms with van der Waals surface area (Å²) in [7, 11) is 5.00. The quantitative estimate of drug-likeness (QED) is 0.462. The molecule has 2 aromatic carbocycles. The summed E-state index contributed by atoms with van der Waals surface area (Å²) < 4.78 is 5.52. The van der Waals surface area contributed by atoms with Crippen molar-refractivity contribution in [2.45, 2.75) is 0 Å². The van der Waals surface area contributed by atoms with E-state index in [0.29, 0.717) is 10.6 Å². The molecule has 7 heteroatoms. The summed E-state index contributed by atoms with van der Waals surface area (Å²) in [6.07, 6.45) is 3.66. The Morgan fingerprint density at radius 3 is 2.63 bits per heavy atom. The zero-order chi connectivity index (χ0) is 21.4. The molecule has 0 saturated heterocycles. The first-order valence-corrected chi connectivity index (χ1v) is 9.70. The Balaban J connectivity index is 1.88. The van der Waals surface area contributed by atoms with Crippen molar-refractivity contribution in [1.82, 2.24) is 14.9 Å². The minimum Gasteiger partial charge on any atom is -0.496 e. The molecule has 30 heavy (non-hydrogen) atoms. The van der Waals surface area contributed by atoms with E-state index < -0.39 is 0 Å². The molecule has 0 aliphatic carbocycles. The molecule has 3 N–H and O–H groups in total. The zero-order valence-electron chi connectivity index (χ0n) is 16.9. The summed E-state index contributed by atoms with van der Waals surface area (Å²) in [6.45, 7) is 0. The number of nitrogen functional groups attached to an aromatic ring is 1. The van der Waals surface area contributed by atoms with E-state index in [0.717, 1.165) is 39.0 Å². The van der Waals surface area contributed by atoms with Crippen LogP contribution in [-0.4, -0.2) is 42.0 Å². The molecule has 0 unspecified atom stereocenters. The lowest BCUT2D eigenvalue weighted by Gasteiger charge is -2.15. The van der Waals surface area contributed by atoms with Gasteiger partial charge in [-0.05, 0) is 29.8 Å². The summed E-state index contributed by atoms with van der Waals surface area (Å²) in [4.78, 5) is 21.8. The number of fused-ring (bicyclic) bond motifs is 1. The van der Waals surface area contributed by atoms with Crippen LogP contribution in [0.3, 0.4) is 0 Å². The van der Waals surface area contributed by atoms with Gasteiger partial charge in [-0.2, -0.15) is 0 Å². The lowest BCUT2D eigenvalue weighted by Crippen LogP contribution is -2.23. The second-order valence-corrected chi connectivity index (χ2v) is 7.55. The van der Waals surface area contributed by atoms with E-state index in [-0.39, 0.29) is 11.6 Å². The lowest BCUT2D eigenvalue weighted by molar-refractivity contribution is 0.0828. The number of anilines is 1. The van der Waals surface area contributed by atoms with Gasteiger partial charge in [0.25, 0.3) is 5.91 Å². The summed E-state index contributed by atoms with van der Waals surface area (Å²) in [5.41, 5.74) is 11.0. The van der Waals surface area contributed by atoms with E-state index in [4.69, 9.17) is 22.1 Å². The van der Waals surface area contributed by atoms with Crippen molar-refractivity contribution < 1.29 is 9.53 Å². The van der Waals surface area contributed by atoms with E-state index >= 15 is 0 Å². The highest BCUT2D eigenvalue weighted by Crippen LogP contribution is 2.37. The molecular weight excluding hydrogens is 400 g/mol. The molecule has 0 saturated carbocycles. The zero-order valence-corrected chi connectivity index (χ0v) is 17.6. The highest BCUT2D eigenvalue weighted by atomic mass is 35.5. The number of pyridine rings is 1. The topological polar surface area (TPSA) is 84.2 Å². The Morgan fingerprint density at radius 2 is 1.90 bits per heavy atom. The van der Waals surface area contributed by atoms with Gasteiger partial charge in [-0.3, -0.25) is 4.79 Å². The number of benzene rings is 2. The Bertz CT molecular complexity index is 1260. The third-order valence-electron chi connectivity index (χ3n) is 5.03. The summed E-state index contributed by atoms with van der Waals surface area (Å²) in [5, 5.41) is 1.27. The maximum Gasteiger partial charge on any atom is 0.255 e. The number of nitrogens with one attached hydrogen (secondary N) is 1. The van der Waals surface area contributed by atoms with Crippen LogP contribution in [0.1, 0.15) is 10.4 Å². The first-order valence-electron chi connectivity index (χ1n) is 9.32. The van der Waals surface area contributed by atoms with Gasteiger partial charge in [-0.1, -0.05) is 29.8 Å². The van der Waals surface area contributed by atoms with Gasteiger partial charge < -0.3 is 20.4 Å². The van der Waals surface area contributed by atoms with Crippen molar-refractivity contribution in [3.8, 4) is 28.0 Å². The fourth-order valence-electron chi connectivity index (χ4n) is 3.45. The third kappa shape index (κ3) is 3.35.